The van der Waals surface area contributed by atoms with Gasteiger partial charge in [0.05, 0.1) is 0 Å². The first kappa shape index (κ1) is 9.78. The van der Waals surface area contributed by atoms with Crippen molar-refractivity contribution in [3.63, 3.8) is 0 Å². The quantitative estimate of drug-likeness (QED) is 0.555. The number of benzene rings is 1. The van der Waals surface area contributed by atoms with Crippen molar-refractivity contribution in [1.29, 1.82) is 0 Å². The van der Waals surface area contributed by atoms with E-state index in [-0.39, 0.29) is 0 Å². The molecule has 0 saturated heterocycles. The van der Waals surface area contributed by atoms with Gasteiger partial charge in [0.2, 0.25) is 0 Å². The van der Waals surface area contributed by atoms with Crippen LogP contribution in [0.15, 0.2) is 18.2 Å². The van der Waals surface area contributed by atoms with Crippen LogP contribution in [-0.4, -0.2) is 6.29 Å². The maximum atomic E-state index is 10.8. The minimum Gasteiger partial charge on any atom is -0.398 e. The number of hydrogen-bond donors (Lipinski definition) is 1. The first-order chi connectivity index (χ1) is 5.97. The second-order valence-electron chi connectivity index (χ2n) is 3.93. The average molecular weight is 177 g/mol. The molecule has 0 aromatic heterocycles. The van der Waals surface area contributed by atoms with E-state index in [0.717, 1.165) is 17.4 Å². The van der Waals surface area contributed by atoms with Crippen LogP contribution in [-0.2, 0) is 10.2 Å². The molecule has 0 aliphatic heterocycles. The molecule has 0 aliphatic carbocycles. The van der Waals surface area contributed by atoms with Gasteiger partial charge in [0.15, 0.2) is 0 Å². The molecular formula is C11H15NO. The van der Waals surface area contributed by atoms with Gasteiger partial charge >= 0.3 is 0 Å². The topological polar surface area (TPSA) is 43.1 Å². The van der Waals surface area contributed by atoms with Crippen LogP contribution in [0.4, 0.5) is 5.69 Å². The molecule has 1 aromatic rings. The molecule has 1 aromatic carbocycles. The standard InChI is InChI=1S/C11H15NO/c1-8-4-5-10(12)9(6-8)11(2,3)7-13/h4-7H,12H2,1-3H3. The van der Waals surface area contributed by atoms with Gasteiger partial charge in [-0.25, -0.2) is 0 Å². The van der Waals surface area contributed by atoms with Crippen LogP contribution in [0.1, 0.15) is 25.0 Å². The van der Waals surface area contributed by atoms with E-state index in [4.69, 9.17) is 5.73 Å². The van der Waals surface area contributed by atoms with Crippen molar-refractivity contribution >= 4 is 12.0 Å². The van der Waals surface area contributed by atoms with Crippen LogP contribution in [0, 0.1) is 6.92 Å². The molecule has 2 N–H and O–H groups in total. The number of rotatable bonds is 2. The van der Waals surface area contributed by atoms with E-state index in [1.54, 1.807) is 0 Å². The second-order valence-corrected chi connectivity index (χ2v) is 3.93. The van der Waals surface area contributed by atoms with Crippen molar-refractivity contribution < 1.29 is 4.79 Å². The predicted molar refractivity (Wildman–Crippen MR) is 54.7 cm³/mol. The van der Waals surface area contributed by atoms with Crippen LogP contribution >= 0.6 is 0 Å². The number of anilines is 1. The molecule has 13 heavy (non-hydrogen) atoms. The summed E-state index contributed by atoms with van der Waals surface area (Å²) >= 11 is 0. The molecule has 0 unspecified atom stereocenters. The molecule has 0 amide bonds. The number of nitrogens with two attached hydrogens (primary N) is 1. The predicted octanol–water partition coefficient (Wildman–Crippen LogP) is 2.05. The fraction of sp³-hybridized carbons (Fsp3) is 0.364. The van der Waals surface area contributed by atoms with Gasteiger partial charge < -0.3 is 10.5 Å². The van der Waals surface area contributed by atoms with Gasteiger partial charge in [0, 0.05) is 11.1 Å². The number of carbonyl (C=O) groups is 1. The fourth-order valence-electron chi connectivity index (χ4n) is 1.29. The lowest BCUT2D eigenvalue weighted by Crippen LogP contribution is -2.20. The van der Waals surface area contributed by atoms with Gasteiger partial charge in [-0.2, -0.15) is 0 Å². The van der Waals surface area contributed by atoms with Gasteiger partial charge in [-0.3, -0.25) is 0 Å². The Kier molecular flexibility index (Phi) is 2.41. The summed E-state index contributed by atoms with van der Waals surface area (Å²) in [5.41, 5.74) is 8.01. The van der Waals surface area contributed by atoms with Crippen LogP contribution in [0.5, 0.6) is 0 Å². The molecular weight excluding hydrogens is 162 g/mol. The Morgan fingerprint density at radius 3 is 2.54 bits per heavy atom. The molecule has 0 fully saturated rings. The first-order valence-corrected chi connectivity index (χ1v) is 4.30. The van der Waals surface area contributed by atoms with Crippen molar-refractivity contribution in [2.75, 3.05) is 5.73 Å². The van der Waals surface area contributed by atoms with Crippen LogP contribution in [0.25, 0.3) is 0 Å². The number of aryl methyl sites for hydroxylation is 1. The van der Waals surface area contributed by atoms with Crippen molar-refractivity contribution in [3.8, 4) is 0 Å². The van der Waals surface area contributed by atoms with Crippen molar-refractivity contribution in [2.45, 2.75) is 26.2 Å². The molecule has 0 radical (unpaired) electrons. The lowest BCUT2D eigenvalue weighted by molar-refractivity contribution is -0.111. The molecule has 70 valence electrons. The summed E-state index contributed by atoms with van der Waals surface area (Å²) in [5.74, 6) is 0. The average Bonchev–Trinajstić information content (AvgIpc) is 2.09. The molecule has 0 saturated carbocycles. The molecule has 0 spiro atoms. The summed E-state index contributed by atoms with van der Waals surface area (Å²) in [7, 11) is 0. The smallest absolute Gasteiger partial charge is 0.130 e. The highest BCUT2D eigenvalue weighted by molar-refractivity contribution is 5.72. The summed E-state index contributed by atoms with van der Waals surface area (Å²) in [4.78, 5) is 10.8. The molecule has 0 atom stereocenters. The Bertz CT molecular complexity index is 329. The summed E-state index contributed by atoms with van der Waals surface area (Å²) in [6, 6.07) is 5.75. The summed E-state index contributed by atoms with van der Waals surface area (Å²) < 4.78 is 0. The van der Waals surface area contributed by atoms with Crippen molar-refractivity contribution in [3.05, 3.63) is 29.3 Å². The number of aldehydes is 1. The zero-order chi connectivity index (χ0) is 10.1. The Labute approximate surface area is 78.8 Å². The zero-order valence-corrected chi connectivity index (χ0v) is 8.29. The van der Waals surface area contributed by atoms with E-state index in [0.29, 0.717) is 5.69 Å². The maximum Gasteiger partial charge on any atom is 0.130 e. The van der Waals surface area contributed by atoms with E-state index >= 15 is 0 Å². The summed E-state index contributed by atoms with van der Waals surface area (Å²) in [6.45, 7) is 5.72. The van der Waals surface area contributed by atoms with E-state index in [1.807, 2.05) is 39.0 Å². The molecule has 0 bridgehead atoms. The van der Waals surface area contributed by atoms with Crippen molar-refractivity contribution in [1.82, 2.24) is 0 Å². The zero-order valence-electron chi connectivity index (χ0n) is 8.29. The molecule has 0 heterocycles. The highest BCUT2D eigenvalue weighted by Crippen LogP contribution is 2.27. The first-order valence-electron chi connectivity index (χ1n) is 4.30. The molecule has 0 aliphatic rings. The Morgan fingerprint density at radius 1 is 1.38 bits per heavy atom. The fourth-order valence-corrected chi connectivity index (χ4v) is 1.29. The number of hydrogen-bond acceptors (Lipinski definition) is 2. The van der Waals surface area contributed by atoms with Crippen LogP contribution in [0.2, 0.25) is 0 Å². The molecule has 2 nitrogen and oxygen atoms in total. The highest BCUT2D eigenvalue weighted by atomic mass is 16.1. The minimum atomic E-state index is -0.490. The van der Waals surface area contributed by atoms with Crippen molar-refractivity contribution in [2.24, 2.45) is 0 Å². The third-order valence-electron chi connectivity index (χ3n) is 2.20. The van der Waals surface area contributed by atoms with E-state index in [9.17, 15) is 4.79 Å². The minimum absolute atomic E-state index is 0.490. The maximum absolute atomic E-state index is 10.8. The van der Waals surface area contributed by atoms with Crippen LogP contribution < -0.4 is 5.73 Å². The van der Waals surface area contributed by atoms with Gasteiger partial charge in [0.1, 0.15) is 6.29 Å². The molecule has 1 rings (SSSR count). The third kappa shape index (κ3) is 1.89. The largest absolute Gasteiger partial charge is 0.398 e. The second kappa shape index (κ2) is 3.21. The van der Waals surface area contributed by atoms with Gasteiger partial charge in [0.25, 0.3) is 0 Å². The highest BCUT2D eigenvalue weighted by Gasteiger charge is 2.21. The summed E-state index contributed by atoms with van der Waals surface area (Å²) in [6.07, 6.45) is 0.929. The van der Waals surface area contributed by atoms with Crippen LogP contribution in [0.3, 0.4) is 0 Å². The van der Waals surface area contributed by atoms with E-state index < -0.39 is 5.41 Å². The number of carbonyl (C=O) groups excluding carboxylic acids is 1. The Balaban J connectivity index is 3.28. The van der Waals surface area contributed by atoms with Gasteiger partial charge in [-0.1, -0.05) is 17.7 Å². The monoisotopic (exact) mass is 177 g/mol. The molecule has 2 heteroatoms. The normalized spacial score (nSPS) is 11.3. The van der Waals surface area contributed by atoms with E-state index in [2.05, 4.69) is 0 Å². The Hall–Kier alpha value is -1.31. The lowest BCUT2D eigenvalue weighted by atomic mass is 9.84. The SMILES string of the molecule is Cc1ccc(N)c(C(C)(C)C=O)c1. The lowest BCUT2D eigenvalue weighted by Gasteiger charge is -2.20. The van der Waals surface area contributed by atoms with Gasteiger partial charge in [-0.15, -0.1) is 0 Å². The number of nitrogen functional groups attached to an aromatic ring is 1. The summed E-state index contributed by atoms with van der Waals surface area (Å²) in [5, 5.41) is 0. The van der Waals surface area contributed by atoms with E-state index in [1.165, 1.54) is 0 Å². The van der Waals surface area contributed by atoms with Gasteiger partial charge in [-0.05, 0) is 32.4 Å². The Morgan fingerprint density at radius 2 is 2.00 bits per heavy atom. The third-order valence-corrected chi connectivity index (χ3v) is 2.20.